The fourth-order valence-electron chi connectivity index (χ4n) is 4.49. The average Bonchev–Trinajstić information content (AvgIpc) is 3.13. The Morgan fingerprint density at radius 2 is 2.00 bits per heavy atom. The van der Waals surface area contributed by atoms with Crippen molar-refractivity contribution in [1.82, 2.24) is 10.3 Å². The molecular formula is C25H33N3O6. The van der Waals surface area contributed by atoms with Gasteiger partial charge in [0.2, 0.25) is 0 Å². The molecular weight excluding hydrogens is 438 g/mol. The molecule has 1 aliphatic rings. The first kappa shape index (κ1) is 25.3. The number of amides is 1. The predicted octanol–water partition coefficient (Wildman–Crippen LogP) is 4.11. The van der Waals surface area contributed by atoms with Gasteiger partial charge < -0.3 is 25.3 Å². The Morgan fingerprint density at radius 1 is 1.26 bits per heavy atom. The van der Waals surface area contributed by atoms with Gasteiger partial charge in [0.05, 0.1) is 6.61 Å². The van der Waals surface area contributed by atoms with Crippen LogP contribution in [0.15, 0.2) is 30.9 Å². The van der Waals surface area contributed by atoms with Gasteiger partial charge in [0.15, 0.2) is 5.92 Å². The van der Waals surface area contributed by atoms with Crippen LogP contribution in [-0.4, -0.2) is 52.4 Å². The lowest BCUT2D eigenvalue weighted by atomic mass is 9.76. The molecule has 0 bridgehead atoms. The van der Waals surface area contributed by atoms with Gasteiger partial charge in [0.1, 0.15) is 0 Å². The first-order valence-electron chi connectivity index (χ1n) is 11.6. The van der Waals surface area contributed by atoms with E-state index in [1.807, 2.05) is 6.07 Å². The Hall–Kier alpha value is -3.33. The number of H-pyrrole nitrogens is 1. The van der Waals surface area contributed by atoms with Crippen LogP contribution in [0.5, 0.6) is 0 Å². The zero-order valence-electron chi connectivity index (χ0n) is 19.6. The number of ether oxygens (including phenoxy) is 1. The van der Waals surface area contributed by atoms with Crippen molar-refractivity contribution in [3.8, 4) is 0 Å². The maximum absolute atomic E-state index is 12.1. The number of benzene rings is 1. The van der Waals surface area contributed by atoms with Crippen molar-refractivity contribution in [2.24, 2.45) is 11.8 Å². The highest BCUT2D eigenvalue weighted by atomic mass is 16.5. The van der Waals surface area contributed by atoms with E-state index in [2.05, 4.69) is 36.0 Å². The summed E-state index contributed by atoms with van der Waals surface area (Å²) in [7, 11) is 0. The zero-order valence-corrected chi connectivity index (χ0v) is 19.6. The van der Waals surface area contributed by atoms with Gasteiger partial charge in [-0.05, 0) is 61.9 Å². The topological polar surface area (TPSA) is 141 Å². The van der Waals surface area contributed by atoms with Gasteiger partial charge in [0.25, 0.3) is 0 Å². The number of carboxylic acids is 2. The summed E-state index contributed by atoms with van der Waals surface area (Å²) in [4.78, 5) is 39.1. The molecule has 2 aromatic rings. The minimum atomic E-state index is -1.56. The molecule has 5 N–H and O–H groups in total. The van der Waals surface area contributed by atoms with E-state index in [1.54, 1.807) is 18.2 Å². The summed E-state index contributed by atoms with van der Waals surface area (Å²) in [6.07, 6.45) is 3.69. The van der Waals surface area contributed by atoms with E-state index < -0.39 is 29.9 Å². The van der Waals surface area contributed by atoms with E-state index in [0.717, 1.165) is 29.4 Å². The molecule has 1 aromatic heterocycles. The summed E-state index contributed by atoms with van der Waals surface area (Å²) in [6.45, 7) is 8.82. The number of aromatic amines is 1. The normalized spacial score (nSPS) is 17.5. The number of rotatable bonds is 11. The monoisotopic (exact) mass is 471 g/mol. The molecule has 1 amide bonds. The van der Waals surface area contributed by atoms with Gasteiger partial charge in [-0.15, -0.1) is 6.58 Å². The van der Waals surface area contributed by atoms with Gasteiger partial charge in [-0.2, -0.15) is 0 Å². The van der Waals surface area contributed by atoms with Crippen molar-refractivity contribution >= 4 is 34.6 Å². The van der Waals surface area contributed by atoms with Crippen molar-refractivity contribution in [3.05, 3.63) is 42.1 Å². The Balaban J connectivity index is 1.91. The third kappa shape index (κ3) is 5.96. The van der Waals surface area contributed by atoms with E-state index >= 15 is 0 Å². The van der Waals surface area contributed by atoms with Crippen molar-refractivity contribution in [2.45, 2.75) is 51.5 Å². The summed E-state index contributed by atoms with van der Waals surface area (Å²) in [5, 5.41) is 26.3. The number of nitrogens with one attached hydrogen (secondary N) is 3. The van der Waals surface area contributed by atoms with Gasteiger partial charge >= 0.3 is 18.0 Å². The van der Waals surface area contributed by atoms with Crippen LogP contribution in [-0.2, 0) is 20.7 Å². The minimum Gasteiger partial charge on any atom is -0.481 e. The standard InChI is InChI=1S/C25H33N3O6/c1-4-5-6-9-34-25(33)27-15-7-8-20-17(10-15)18-11-16(26-13-14(2)3)12-19(22(18)28-20)21(23(29)30)24(31)32/h4,7-8,10,14,16,19,21,26,28H,1,5-6,9,11-13H2,2-3H3,(H,27,33)(H,29,30)(H,31,32). The van der Waals surface area contributed by atoms with Crippen LogP contribution in [0.4, 0.5) is 10.5 Å². The number of carbonyl (C=O) groups is 3. The summed E-state index contributed by atoms with van der Waals surface area (Å²) in [5.74, 6) is -4.58. The summed E-state index contributed by atoms with van der Waals surface area (Å²) in [5.41, 5.74) is 2.82. The molecule has 9 heteroatoms. The molecule has 1 heterocycles. The minimum absolute atomic E-state index is 0.0634. The maximum Gasteiger partial charge on any atom is 0.411 e. The molecule has 1 aromatic carbocycles. The largest absolute Gasteiger partial charge is 0.481 e. The smallest absolute Gasteiger partial charge is 0.411 e. The maximum atomic E-state index is 12.1. The van der Waals surface area contributed by atoms with Crippen LogP contribution >= 0.6 is 0 Å². The third-order valence-electron chi connectivity index (χ3n) is 6.08. The van der Waals surface area contributed by atoms with Crippen LogP contribution in [0.1, 0.15) is 50.3 Å². The number of anilines is 1. The molecule has 34 heavy (non-hydrogen) atoms. The molecule has 0 aliphatic heterocycles. The van der Waals surface area contributed by atoms with Crippen molar-refractivity contribution in [1.29, 1.82) is 0 Å². The molecule has 3 rings (SSSR count). The molecule has 1 aliphatic carbocycles. The van der Waals surface area contributed by atoms with Gasteiger partial charge in [-0.25, -0.2) is 4.79 Å². The van der Waals surface area contributed by atoms with Crippen LogP contribution in [0.25, 0.3) is 10.9 Å². The van der Waals surface area contributed by atoms with E-state index in [0.29, 0.717) is 36.6 Å². The van der Waals surface area contributed by atoms with Crippen LogP contribution < -0.4 is 10.6 Å². The predicted molar refractivity (Wildman–Crippen MR) is 129 cm³/mol. The highest BCUT2D eigenvalue weighted by molar-refractivity contribution is 5.96. The van der Waals surface area contributed by atoms with Crippen LogP contribution in [0.2, 0.25) is 0 Å². The molecule has 0 saturated heterocycles. The number of carbonyl (C=O) groups excluding carboxylic acids is 1. The fraction of sp³-hybridized carbons (Fsp3) is 0.480. The molecule has 2 atom stereocenters. The Labute approximate surface area is 198 Å². The molecule has 0 saturated carbocycles. The fourth-order valence-corrected chi connectivity index (χ4v) is 4.49. The summed E-state index contributed by atoms with van der Waals surface area (Å²) in [6, 6.07) is 5.27. The second-order valence-corrected chi connectivity index (χ2v) is 9.17. The van der Waals surface area contributed by atoms with E-state index in [9.17, 15) is 24.6 Å². The van der Waals surface area contributed by atoms with E-state index in [-0.39, 0.29) is 12.6 Å². The van der Waals surface area contributed by atoms with Crippen molar-refractivity contribution in [3.63, 3.8) is 0 Å². The lowest BCUT2D eigenvalue weighted by Gasteiger charge is -2.32. The number of fused-ring (bicyclic) bond motifs is 3. The zero-order chi connectivity index (χ0) is 24.8. The highest BCUT2D eigenvalue weighted by Crippen LogP contribution is 2.41. The van der Waals surface area contributed by atoms with Crippen molar-refractivity contribution < 1.29 is 29.3 Å². The third-order valence-corrected chi connectivity index (χ3v) is 6.08. The van der Waals surface area contributed by atoms with Crippen molar-refractivity contribution in [2.75, 3.05) is 18.5 Å². The Morgan fingerprint density at radius 3 is 2.65 bits per heavy atom. The molecule has 0 radical (unpaired) electrons. The number of hydrogen-bond donors (Lipinski definition) is 5. The second kappa shape index (κ2) is 11.2. The summed E-state index contributed by atoms with van der Waals surface area (Å²) >= 11 is 0. The lowest BCUT2D eigenvalue weighted by Crippen LogP contribution is -2.42. The SMILES string of the molecule is C=CCCCOC(=O)Nc1ccc2[nH]c3c(c2c1)CC(NCC(C)C)CC3C(C(=O)O)C(=O)O. The number of hydrogen-bond acceptors (Lipinski definition) is 5. The van der Waals surface area contributed by atoms with E-state index in [4.69, 9.17) is 4.74 Å². The van der Waals surface area contributed by atoms with Crippen LogP contribution in [0.3, 0.4) is 0 Å². The highest BCUT2D eigenvalue weighted by Gasteiger charge is 2.42. The molecule has 184 valence electrons. The number of allylic oxidation sites excluding steroid dienone is 1. The number of carboxylic acid groups (broad SMARTS) is 2. The molecule has 0 fully saturated rings. The number of aliphatic carboxylic acids is 2. The first-order valence-corrected chi connectivity index (χ1v) is 11.6. The average molecular weight is 472 g/mol. The number of unbranched alkanes of at least 4 members (excludes halogenated alkanes) is 1. The molecule has 0 spiro atoms. The number of aromatic nitrogens is 1. The van der Waals surface area contributed by atoms with Gasteiger partial charge in [-0.1, -0.05) is 19.9 Å². The lowest BCUT2D eigenvalue weighted by molar-refractivity contribution is -0.156. The molecule has 9 nitrogen and oxygen atoms in total. The molecule has 2 unspecified atom stereocenters. The first-order chi connectivity index (χ1) is 16.2. The second-order valence-electron chi connectivity index (χ2n) is 9.17. The quantitative estimate of drug-likeness (QED) is 0.189. The van der Waals surface area contributed by atoms with Gasteiger partial charge in [-0.3, -0.25) is 14.9 Å². The Bertz CT molecular complexity index is 1050. The van der Waals surface area contributed by atoms with Gasteiger partial charge in [0, 0.05) is 34.2 Å². The van der Waals surface area contributed by atoms with E-state index in [1.165, 1.54) is 0 Å². The van der Waals surface area contributed by atoms with Crippen LogP contribution in [0, 0.1) is 11.8 Å². The Kier molecular flexibility index (Phi) is 8.33. The summed E-state index contributed by atoms with van der Waals surface area (Å²) < 4.78 is 5.18.